The minimum Gasteiger partial charge on any atom is -0.251 e. The molecule has 6 heteroatoms. The van der Waals surface area contributed by atoms with E-state index < -0.39 is 0 Å². The van der Waals surface area contributed by atoms with Crippen molar-refractivity contribution in [3.63, 3.8) is 0 Å². The van der Waals surface area contributed by atoms with Gasteiger partial charge in [-0.3, -0.25) is 9.36 Å². The summed E-state index contributed by atoms with van der Waals surface area (Å²) in [5.74, 6) is 5.53. The molecule has 6 aliphatic carbocycles. The van der Waals surface area contributed by atoms with Crippen molar-refractivity contribution in [2.75, 3.05) is 0 Å². The summed E-state index contributed by atoms with van der Waals surface area (Å²) >= 11 is 0. The van der Waals surface area contributed by atoms with Crippen molar-refractivity contribution in [2.45, 2.75) is 25.9 Å². The predicted octanol–water partition coefficient (Wildman–Crippen LogP) is 4.42. The summed E-state index contributed by atoms with van der Waals surface area (Å²) in [6, 6.07) is 20.8. The molecular weight excluding hydrogens is 420 g/mol. The summed E-state index contributed by atoms with van der Waals surface area (Å²) in [5, 5.41) is 18.3. The Morgan fingerprint density at radius 1 is 0.735 bits per heavy atom. The van der Waals surface area contributed by atoms with Crippen molar-refractivity contribution >= 4 is 0 Å². The van der Waals surface area contributed by atoms with E-state index >= 15 is 0 Å². The van der Waals surface area contributed by atoms with Gasteiger partial charge in [0.05, 0.1) is 12.4 Å². The zero-order valence-corrected chi connectivity index (χ0v) is 18.9. The Morgan fingerprint density at radius 2 is 1.35 bits per heavy atom. The Bertz CT molecular complexity index is 1430. The van der Waals surface area contributed by atoms with Gasteiger partial charge in [0, 0.05) is 35.0 Å². The quantitative estimate of drug-likeness (QED) is 0.440. The van der Waals surface area contributed by atoms with Gasteiger partial charge in [0.1, 0.15) is 11.4 Å². The smallest absolute Gasteiger partial charge is 0.113 e. The van der Waals surface area contributed by atoms with Crippen LogP contribution in [0.3, 0.4) is 0 Å². The molecule has 6 fully saturated rings. The van der Waals surface area contributed by atoms with Gasteiger partial charge < -0.3 is 0 Å². The lowest BCUT2D eigenvalue weighted by atomic mass is 9.28. The van der Waals surface area contributed by atoms with E-state index in [2.05, 4.69) is 90.9 Å². The first kappa shape index (κ1) is 18.1. The molecule has 4 aromatic rings. The lowest BCUT2D eigenvalue weighted by Gasteiger charge is -2.76. The van der Waals surface area contributed by atoms with E-state index in [9.17, 15) is 0 Å². The highest BCUT2D eigenvalue weighted by molar-refractivity contribution is 5.58. The molecule has 34 heavy (non-hydrogen) atoms. The Hall–Kier alpha value is -3.28. The fourth-order valence-electron chi connectivity index (χ4n) is 10.2. The maximum atomic E-state index is 4.63. The van der Waals surface area contributed by atoms with Gasteiger partial charge in [-0.15, -0.1) is 10.2 Å². The van der Waals surface area contributed by atoms with E-state index in [1.165, 1.54) is 12.8 Å². The van der Waals surface area contributed by atoms with E-state index in [1.807, 2.05) is 12.1 Å². The van der Waals surface area contributed by atoms with Crippen LogP contribution in [0.1, 0.15) is 12.8 Å². The van der Waals surface area contributed by atoms with Gasteiger partial charge >= 0.3 is 0 Å². The van der Waals surface area contributed by atoms with E-state index in [-0.39, 0.29) is 0 Å². The molecule has 6 nitrogen and oxygen atoms in total. The molecule has 10 rings (SSSR count). The molecule has 0 aliphatic heterocycles. The Labute approximate surface area is 198 Å². The molecule has 0 amide bonds. The lowest BCUT2D eigenvalue weighted by molar-refractivity contribution is -0.308. The summed E-state index contributed by atoms with van der Waals surface area (Å²) in [5.41, 5.74) is 4.96. The van der Waals surface area contributed by atoms with Crippen LogP contribution >= 0.6 is 0 Å². The van der Waals surface area contributed by atoms with Crippen molar-refractivity contribution in [2.24, 2.45) is 46.3 Å². The number of aromatic nitrogens is 6. The number of nitrogens with zero attached hydrogens (tertiary/aromatic N) is 6. The molecule has 4 bridgehead atoms. The average Bonchev–Trinajstić information content (AvgIpc) is 3.64. The third-order valence-corrected chi connectivity index (χ3v) is 10.8. The zero-order valence-electron chi connectivity index (χ0n) is 18.9. The van der Waals surface area contributed by atoms with Crippen LogP contribution in [0.25, 0.3) is 22.5 Å². The summed E-state index contributed by atoms with van der Waals surface area (Å²) in [6.07, 6.45) is 7.17. The molecule has 2 aromatic heterocycles. The monoisotopic (exact) mass is 446 g/mol. The summed E-state index contributed by atoms with van der Waals surface area (Å²) in [7, 11) is 0. The largest absolute Gasteiger partial charge is 0.251 e. The standard InChI is InChI=1S/C28H26N6/c1-3-7-17(8-4-1)22-13-33(31-29-22)15-27-12-20-21-11-19-24(20)26(27)25(19)28(21,27)16-34-14-23(30-32-34)18-9-5-2-6-10-18/h1-10,13-14,19-21,24-26H,11-12,15-16H2. The van der Waals surface area contributed by atoms with E-state index in [0.717, 1.165) is 71.1 Å². The van der Waals surface area contributed by atoms with Crippen LogP contribution < -0.4 is 0 Å². The maximum absolute atomic E-state index is 4.63. The van der Waals surface area contributed by atoms with E-state index in [0.29, 0.717) is 10.8 Å². The molecule has 0 spiro atoms. The molecule has 6 saturated carbocycles. The van der Waals surface area contributed by atoms with Gasteiger partial charge in [-0.25, -0.2) is 0 Å². The van der Waals surface area contributed by atoms with E-state index in [4.69, 9.17) is 0 Å². The van der Waals surface area contributed by atoms with Crippen molar-refractivity contribution in [1.29, 1.82) is 0 Å². The Balaban J connectivity index is 1.07. The zero-order chi connectivity index (χ0) is 22.1. The maximum Gasteiger partial charge on any atom is 0.113 e. The highest BCUT2D eigenvalue weighted by atomic mass is 15.4. The fourth-order valence-corrected chi connectivity index (χ4v) is 10.2. The third kappa shape index (κ3) is 1.87. The van der Waals surface area contributed by atoms with Gasteiger partial charge in [-0.1, -0.05) is 71.1 Å². The first-order valence-corrected chi connectivity index (χ1v) is 12.7. The molecule has 6 aliphatic rings. The average molecular weight is 447 g/mol. The first-order valence-electron chi connectivity index (χ1n) is 12.7. The molecule has 2 heterocycles. The number of benzene rings is 2. The second-order valence-electron chi connectivity index (χ2n) is 11.5. The van der Waals surface area contributed by atoms with Crippen LogP contribution in [-0.4, -0.2) is 30.0 Å². The molecular formula is C28H26N6. The molecule has 0 N–H and O–H groups in total. The van der Waals surface area contributed by atoms with Gasteiger partial charge in [-0.05, 0) is 48.3 Å². The van der Waals surface area contributed by atoms with Crippen molar-refractivity contribution < 1.29 is 0 Å². The molecule has 0 saturated heterocycles. The summed E-state index contributed by atoms with van der Waals surface area (Å²) in [4.78, 5) is 0. The second-order valence-corrected chi connectivity index (χ2v) is 11.5. The van der Waals surface area contributed by atoms with Gasteiger partial charge in [0.25, 0.3) is 0 Å². The Morgan fingerprint density at radius 3 is 2.00 bits per heavy atom. The molecule has 168 valence electrons. The SMILES string of the molecule is c1ccc(-c2cn(CC34CC5C6C7CC5C3(Cn3cc(-c5ccccc5)nn3)C7C64)nn2)cc1. The van der Waals surface area contributed by atoms with Crippen LogP contribution in [0.4, 0.5) is 0 Å². The minimum absolute atomic E-state index is 0.352. The van der Waals surface area contributed by atoms with Crippen LogP contribution in [-0.2, 0) is 13.1 Å². The van der Waals surface area contributed by atoms with Gasteiger partial charge in [0.15, 0.2) is 0 Å². The molecule has 2 aromatic carbocycles. The van der Waals surface area contributed by atoms with Gasteiger partial charge in [-0.2, -0.15) is 0 Å². The topological polar surface area (TPSA) is 61.4 Å². The van der Waals surface area contributed by atoms with E-state index in [1.54, 1.807) is 0 Å². The molecule has 0 radical (unpaired) electrons. The number of hydrogen-bond donors (Lipinski definition) is 0. The summed E-state index contributed by atoms with van der Waals surface area (Å²) < 4.78 is 4.32. The van der Waals surface area contributed by atoms with Crippen molar-refractivity contribution in [3.8, 4) is 22.5 Å². The molecule has 8 unspecified atom stereocenters. The van der Waals surface area contributed by atoms with Crippen LogP contribution in [0.5, 0.6) is 0 Å². The number of rotatable bonds is 6. The minimum atomic E-state index is 0.352. The first-order chi connectivity index (χ1) is 16.8. The lowest BCUT2D eigenvalue weighted by Crippen LogP contribution is -2.75. The second kappa shape index (κ2) is 5.85. The molecule has 8 atom stereocenters. The fraction of sp³-hybridized carbons (Fsp3) is 0.429. The van der Waals surface area contributed by atoms with Crippen LogP contribution in [0.2, 0.25) is 0 Å². The highest BCUT2D eigenvalue weighted by Crippen LogP contribution is 2.98. The van der Waals surface area contributed by atoms with Gasteiger partial charge in [0.2, 0.25) is 0 Å². The Kier molecular flexibility index (Phi) is 3.12. The predicted molar refractivity (Wildman–Crippen MR) is 126 cm³/mol. The summed E-state index contributed by atoms with van der Waals surface area (Å²) in [6.45, 7) is 2.02. The number of hydrogen-bond acceptors (Lipinski definition) is 4. The third-order valence-electron chi connectivity index (χ3n) is 10.8. The van der Waals surface area contributed by atoms with Crippen LogP contribution in [0.15, 0.2) is 73.1 Å². The van der Waals surface area contributed by atoms with Crippen molar-refractivity contribution in [1.82, 2.24) is 30.0 Å². The van der Waals surface area contributed by atoms with Crippen molar-refractivity contribution in [3.05, 3.63) is 73.1 Å². The van der Waals surface area contributed by atoms with Crippen LogP contribution in [0, 0.1) is 46.3 Å². The normalized spacial score (nSPS) is 39.4. The highest BCUT2D eigenvalue weighted by Gasteiger charge is 2.95.